The van der Waals surface area contributed by atoms with Gasteiger partial charge in [0.25, 0.3) is 0 Å². The van der Waals surface area contributed by atoms with Crippen LogP contribution >= 0.6 is 0 Å². The molecule has 0 aliphatic rings. The van der Waals surface area contributed by atoms with E-state index in [-0.39, 0.29) is 5.76 Å². The molecule has 0 aliphatic heterocycles. The summed E-state index contributed by atoms with van der Waals surface area (Å²) in [6.07, 6.45) is 8.64. The van der Waals surface area contributed by atoms with Gasteiger partial charge in [-0.05, 0) is 30.2 Å². The SMILES string of the molecule is CCCCCNc1ccc(/C=C/C=C(\C#N)OC(C)=O)cc1. The van der Waals surface area contributed by atoms with Crippen LogP contribution in [0.4, 0.5) is 5.69 Å². The lowest BCUT2D eigenvalue weighted by Crippen LogP contribution is -2.00. The summed E-state index contributed by atoms with van der Waals surface area (Å²) in [5, 5.41) is 12.2. The van der Waals surface area contributed by atoms with E-state index in [1.54, 1.807) is 6.08 Å². The van der Waals surface area contributed by atoms with E-state index in [0.29, 0.717) is 0 Å². The Balaban J connectivity index is 2.53. The van der Waals surface area contributed by atoms with Crippen molar-refractivity contribution >= 4 is 17.7 Å². The number of benzene rings is 1. The van der Waals surface area contributed by atoms with Gasteiger partial charge in [0.05, 0.1) is 0 Å². The highest BCUT2D eigenvalue weighted by Gasteiger charge is 1.97. The maximum absolute atomic E-state index is 10.8. The zero-order chi connectivity index (χ0) is 16.2. The van der Waals surface area contributed by atoms with Crippen LogP contribution in [0.3, 0.4) is 0 Å². The average Bonchev–Trinajstić information content (AvgIpc) is 2.51. The molecule has 0 aliphatic carbocycles. The van der Waals surface area contributed by atoms with Crippen LogP contribution in [0.2, 0.25) is 0 Å². The number of nitrogens with one attached hydrogen (secondary N) is 1. The number of hydrogen-bond donors (Lipinski definition) is 1. The van der Waals surface area contributed by atoms with E-state index in [2.05, 4.69) is 12.2 Å². The molecule has 116 valence electrons. The van der Waals surface area contributed by atoms with Crippen molar-refractivity contribution in [3.8, 4) is 6.07 Å². The van der Waals surface area contributed by atoms with Crippen LogP contribution in [0, 0.1) is 11.3 Å². The molecule has 1 aromatic rings. The molecule has 22 heavy (non-hydrogen) atoms. The molecule has 1 rings (SSSR count). The summed E-state index contributed by atoms with van der Waals surface area (Å²) in [5.41, 5.74) is 2.11. The Morgan fingerprint density at radius 1 is 1.32 bits per heavy atom. The van der Waals surface area contributed by atoms with E-state index in [1.807, 2.05) is 36.4 Å². The number of nitriles is 1. The minimum atomic E-state index is -0.500. The van der Waals surface area contributed by atoms with Crippen LogP contribution < -0.4 is 5.32 Å². The molecule has 0 radical (unpaired) electrons. The number of rotatable bonds is 8. The molecule has 1 aromatic carbocycles. The zero-order valence-corrected chi connectivity index (χ0v) is 13.1. The molecule has 0 unspecified atom stereocenters. The van der Waals surface area contributed by atoms with E-state index in [0.717, 1.165) is 17.8 Å². The normalized spacial score (nSPS) is 11.2. The predicted octanol–water partition coefficient (Wildman–Crippen LogP) is 4.27. The Labute approximate surface area is 132 Å². The maximum atomic E-state index is 10.8. The lowest BCUT2D eigenvalue weighted by molar-refractivity contribution is -0.136. The second kappa shape index (κ2) is 10.2. The molecule has 0 bridgehead atoms. The highest BCUT2D eigenvalue weighted by atomic mass is 16.5. The van der Waals surface area contributed by atoms with Crippen molar-refractivity contribution in [2.75, 3.05) is 11.9 Å². The summed E-state index contributed by atoms with van der Waals surface area (Å²) in [6, 6.07) is 9.84. The van der Waals surface area contributed by atoms with Gasteiger partial charge in [-0.3, -0.25) is 4.79 Å². The Kier molecular flexibility index (Phi) is 8.14. The van der Waals surface area contributed by atoms with Crippen molar-refractivity contribution < 1.29 is 9.53 Å². The Morgan fingerprint density at radius 3 is 2.64 bits per heavy atom. The molecule has 4 heteroatoms. The summed E-state index contributed by atoms with van der Waals surface area (Å²) in [6.45, 7) is 4.44. The van der Waals surface area contributed by atoms with E-state index in [1.165, 1.54) is 32.3 Å². The molecule has 0 heterocycles. The van der Waals surface area contributed by atoms with Gasteiger partial charge in [0, 0.05) is 19.2 Å². The van der Waals surface area contributed by atoms with Crippen molar-refractivity contribution in [3.05, 3.63) is 47.7 Å². The van der Waals surface area contributed by atoms with Gasteiger partial charge < -0.3 is 10.1 Å². The Hall–Kier alpha value is -2.54. The first-order valence-electron chi connectivity index (χ1n) is 7.46. The molecule has 0 aromatic heterocycles. The standard InChI is InChI=1S/C18H22N2O2/c1-3-4-5-13-20-17-11-9-16(10-12-17)7-6-8-18(14-19)22-15(2)21/h6-12,20H,3-5,13H2,1-2H3/b7-6+,18-8+. The second-order valence-electron chi connectivity index (χ2n) is 4.85. The molecule has 4 nitrogen and oxygen atoms in total. The van der Waals surface area contributed by atoms with Crippen LogP contribution in [0.25, 0.3) is 6.08 Å². The van der Waals surface area contributed by atoms with Gasteiger partial charge in [-0.25, -0.2) is 0 Å². The predicted molar refractivity (Wildman–Crippen MR) is 89.0 cm³/mol. The van der Waals surface area contributed by atoms with Gasteiger partial charge >= 0.3 is 5.97 Å². The van der Waals surface area contributed by atoms with Crippen molar-refractivity contribution in [3.63, 3.8) is 0 Å². The third-order valence-electron chi connectivity index (χ3n) is 2.92. The Bertz CT molecular complexity index is 566. The largest absolute Gasteiger partial charge is 0.415 e. The van der Waals surface area contributed by atoms with Crippen LogP contribution in [0.5, 0.6) is 0 Å². The first-order chi connectivity index (χ1) is 10.7. The average molecular weight is 298 g/mol. The summed E-state index contributed by atoms with van der Waals surface area (Å²) in [5.74, 6) is -0.516. The monoisotopic (exact) mass is 298 g/mol. The smallest absolute Gasteiger partial charge is 0.308 e. The number of carbonyl (C=O) groups is 1. The highest BCUT2D eigenvalue weighted by Crippen LogP contribution is 2.11. The topological polar surface area (TPSA) is 62.1 Å². The summed E-state index contributed by atoms with van der Waals surface area (Å²) in [4.78, 5) is 10.8. The third kappa shape index (κ3) is 7.30. The first-order valence-corrected chi connectivity index (χ1v) is 7.46. The number of carbonyl (C=O) groups excluding carboxylic acids is 1. The molecule has 0 saturated carbocycles. The van der Waals surface area contributed by atoms with Crippen LogP contribution in [0.15, 0.2) is 42.2 Å². The van der Waals surface area contributed by atoms with Crippen LogP contribution in [-0.2, 0) is 9.53 Å². The molecule has 0 atom stereocenters. The van der Waals surface area contributed by atoms with Gasteiger partial charge in [-0.1, -0.05) is 44.1 Å². The van der Waals surface area contributed by atoms with Gasteiger partial charge in [-0.2, -0.15) is 5.26 Å². The second-order valence-corrected chi connectivity index (χ2v) is 4.85. The van der Waals surface area contributed by atoms with Crippen LogP contribution in [0.1, 0.15) is 38.7 Å². The molecule has 0 saturated heterocycles. The molecular formula is C18H22N2O2. The fourth-order valence-electron chi connectivity index (χ4n) is 1.82. The number of allylic oxidation sites excluding steroid dienone is 3. The number of unbranched alkanes of at least 4 members (excludes halogenated alkanes) is 2. The third-order valence-corrected chi connectivity index (χ3v) is 2.92. The minimum absolute atomic E-state index is 0.0158. The quantitative estimate of drug-likeness (QED) is 0.256. The number of hydrogen-bond acceptors (Lipinski definition) is 4. The lowest BCUT2D eigenvalue weighted by Gasteiger charge is -2.05. The van der Waals surface area contributed by atoms with E-state index >= 15 is 0 Å². The summed E-state index contributed by atoms with van der Waals surface area (Å²) in [7, 11) is 0. The fraction of sp³-hybridized carbons (Fsp3) is 0.333. The first kappa shape index (κ1) is 17.5. The minimum Gasteiger partial charge on any atom is -0.415 e. The van der Waals surface area contributed by atoms with Crippen molar-refractivity contribution in [1.82, 2.24) is 0 Å². The molecule has 0 fully saturated rings. The van der Waals surface area contributed by atoms with Crippen molar-refractivity contribution in [1.29, 1.82) is 5.26 Å². The maximum Gasteiger partial charge on any atom is 0.308 e. The number of esters is 1. The van der Waals surface area contributed by atoms with E-state index in [9.17, 15) is 4.79 Å². The molecular weight excluding hydrogens is 276 g/mol. The van der Waals surface area contributed by atoms with Gasteiger partial charge in [0.1, 0.15) is 6.07 Å². The summed E-state index contributed by atoms with van der Waals surface area (Å²) < 4.78 is 4.72. The van der Waals surface area contributed by atoms with E-state index in [4.69, 9.17) is 10.00 Å². The molecule has 0 amide bonds. The molecule has 1 N–H and O–H groups in total. The van der Waals surface area contributed by atoms with Gasteiger partial charge in [0.15, 0.2) is 0 Å². The molecule has 0 spiro atoms. The number of anilines is 1. The van der Waals surface area contributed by atoms with Crippen molar-refractivity contribution in [2.24, 2.45) is 0 Å². The number of ether oxygens (including phenoxy) is 1. The highest BCUT2D eigenvalue weighted by molar-refractivity contribution is 5.68. The van der Waals surface area contributed by atoms with Gasteiger partial charge in [0.2, 0.25) is 5.76 Å². The Morgan fingerprint density at radius 2 is 2.05 bits per heavy atom. The number of nitrogens with zero attached hydrogens (tertiary/aromatic N) is 1. The van der Waals surface area contributed by atoms with Gasteiger partial charge in [-0.15, -0.1) is 0 Å². The van der Waals surface area contributed by atoms with Crippen molar-refractivity contribution in [2.45, 2.75) is 33.1 Å². The summed E-state index contributed by atoms with van der Waals surface area (Å²) >= 11 is 0. The fourth-order valence-corrected chi connectivity index (χ4v) is 1.82. The lowest BCUT2D eigenvalue weighted by atomic mass is 10.2. The zero-order valence-electron chi connectivity index (χ0n) is 13.1. The van der Waals surface area contributed by atoms with Crippen LogP contribution in [-0.4, -0.2) is 12.5 Å². The van der Waals surface area contributed by atoms with E-state index < -0.39 is 5.97 Å².